The monoisotopic (exact) mass is 249 g/mol. The summed E-state index contributed by atoms with van der Waals surface area (Å²) in [6.07, 6.45) is -0.690. The van der Waals surface area contributed by atoms with E-state index < -0.39 is 27.9 Å². The number of benzene rings is 1. The summed E-state index contributed by atoms with van der Waals surface area (Å²) >= 11 is 0. The number of nitrogens with two attached hydrogens (primary N) is 1. The number of sulfone groups is 1. The molecule has 0 aliphatic rings. The molecular weight excluding hydrogens is 236 g/mol. The van der Waals surface area contributed by atoms with Crippen LogP contribution in [0.4, 0.5) is 14.5 Å². The minimum atomic E-state index is -3.68. The number of rotatable bonds is 4. The molecule has 0 fully saturated rings. The largest absolute Gasteiger partial charge is 0.399 e. The highest BCUT2D eigenvalue weighted by Crippen LogP contribution is 2.21. The first kappa shape index (κ1) is 12.9. The van der Waals surface area contributed by atoms with Crippen molar-refractivity contribution in [3.8, 4) is 0 Å². The molecule has 0 saturated carbocycles. The third-order valence-corrected chi connectivity index (χ3v) is 3.74. The van der Waals surface area contributed by atoms with E-state index in [9.17, 15) is 17.2 Å². The molecule has 2 N–H and O–H groups in total. The van der Waals surface area contributed by atoms with Crippen molar-refractivity contribution in [3.63, 3.8) is 0 Å². The zero-order valence-corrected chi connectivity index (χ0v) is 9.60. The molecule has 0 aromatic heterocycles. The van der Waals surface area contributed by atoms with E-state index in [0.29, 0.717) is 12.6 Å². The van der Waals surface area contributed by atoms with Crippen LogP contribution in [0.25, 0.3) is 0 Å². The summed E-state index contributed by atoms with van der Waals surface area (Å²) in [6, 6.07) is 5.63. The molecule has 1 aromatic carbocycles. The van der Waals surface area contributed by atoms with Gasteiger partial charge in [-0.25, -0.2) is 17.2 Å². The molecule has 3 nitrogen and oxygen atoms in total. The first-order valence-corrected chi connectivity index (χ1v) is 6.32. The molecule has 0 radical (unpaired) electrons. The number of halogens is 2. The highest BCUT2D eigenvalue weighted by Gasteiger charge is 2.25. The maximum atomic E-state index is 12.6. The summed E-state index contributed by atoms with van der Waals surface area (Å²) < 4.78 is 48.4. The summed E-state index contributed by atoms with van der Waals surface area (Å²) in [4.78, 5) is -0.0169. The minimum absolute atomic E-state index is 0.0169. The van der Waals surface area contributed by atoms with Crippen LogP contribution in [-0.2, 0) is 9.84 Å². The lowest BCUT2D eigenvalue weighted by molar-refractivity contribution is 0.0189. The summed E-state index contributed by atoms with van der Waals surface area (Å²) in [7, 11) is -3.68. The van der Waals surface area contributed by atoms with E-state index in [2.05, 4.69) is 0 Å². The topological polar surface area (TPSA) is 60.2 Å². The lowest BCUT2D eigenvalue weighted by Crippen LogP contribution is -2.17. The Kier molecular flexibility index (Phi) is 3.52. The third-order valence-electron chi connectivity index (χ3n) is 2.03. The Morgan fingerprint density at radius 1 is 1.38 bits per heavy atom. The zero-order valence-electron chi connectivity index (χ0n) is 8.78. The first-order chi connectivity index (χ1) is 7.21. The molecular formula is C10H13F2NO2S. The van der Waals surface area contributed by atoms with Crippen LogP contribution in [0.2, 0.25) is 0 Å². The van der Waals surface area contributed by atoms with Crippen molar-refractivity contribution in [1.82, 2.24) is 0 Å². The molecule has 1 aromatic rings. The van der Waals surface area contributed by atoms with Gasteiger partial charge >= 0.3 is 0 Å². The number of hydrogen-bond donors (Lipinski definition) is 1. The van der Waals surface area contributed by atoms with E-state index in [-0.39, 0.29) is 4.90 Å². The normalized spacial score (nSPS) is 12.7. The van der Waals surface area contributed by atoms with Crippen LogP contribution < -0.4 is 5.73 Å². The summed E-state index contributed by atoms with van der Waals surface area (Å²) in [5, 5.41) is 0. The van der Waals surface area contributed by atoms with Crippen molar-refractivity contribution in [1.29, 1.82) is 0 Å². The van der Waals surface area contributed by atoms with Crippen LogP contribution in [-0.4, -0.2) is 20.1 Å². The molecule has 0 spiro atoms. The molecule has 0 bridgehead atoms. The van der Waals surface area contributed by atoms with Crippen LogP contribution in [0.5, 0.6) is 0 Å². The molecule has 1 rings (SSSR count). The van der Waals surface area contributed by atoms with Crippen molar-refractivity contribution >= 4 is 15.5 Å². The van der Waals surface area contributed by atoms with Gasteiger partial charge in [0.25, 0.3) is 0 Å². The van der Waals surface area contributed by atoms with Crippen LogP contribution in [0.15, 0.2) is 29.2 Å². The molecule has 0 aliphatic carbocycles. The van der Waals surface area contributed by atoms with Crippen molar-refractivity contribution < 1.29 is 17.2 Å². The number of nitrogen functional groups attached to an aromatic ring is 1. The molecule has 0 heterocycles. The molecule has 0 unspecified atom stereocenters. The predicted octanol–water partition coefficient (Wildman–Crippen LogP) is 2.09. The van der Waals surface area contributed by atoms with Crippen LogP contribution >= 0.6 is 0 Å². The summed E-state index contributed by atoms with van der Waals surface area (Å²) in [5.74, 6) is -3.56. The van der Waals surface area contributed by atoms with Gasteiger partial charge in [0.15, 0.2) is 9.84 Å². The standard InChI is InChI=1S/C10H13F2NO2S/c1-10(11,12)5-6-16(14,15)9-4-2-3-8(13)7-9/h2-4,7H,5-6,13H2,1H3. The van der Waals surface area contributed by atoms with Gasteiger partial charge in [-0.1, -0.05) is 6.07 Å². The highest BCUT2D eigenvalue weighted by atomic mass is 32.2. The van der Waals surface area contributed by atoms with Gasteiger partial charge in [-0.2, -0.15) is 0 Å². The second kappa shape index (κ2) is 4.37. The Morgan fingerprint density at radius 2 is 2.00 bits per heavy atom. The van der Waals surface area contributed by atoms with E-state index in [1.54, 1.807) is 0 Å². The van der Waals surface area contributed by atoms with Crippen molar-refractivity contribution in [2.45, 2.75) is 24.2 Å². The summed E-state index contributed by atoms with van der Waals surface area (Å²) in [5.41, 5.74) is 5.72. The number of hydrogen-bond acceptors (Lipinski definition) is 3. The van der Waals surface area contributed by atoms with Crippen LogP contribution in [0, 0.1) is 0 Å². The number of alkyl halides is 2. The fraction of sp³-hybridized carbons (Fsp3) is 0.400. The Labute approximate surface area is 93.2 Å². The Balaban J connectivity index is 2.87. The van der Waals surface area contributed by atoms with Crippen molar-refractivity contribution in [2.75, 3.05) is 11.5 Å². The van der Waals surface area contributed by atoms with E-state index in [0.717, 1.165) is 0 Å². The van der Waals surface area contributed by atoms with Gasteiger partial charge in [0, 0.05) is 12.1 Å². The SMILES string of the molecule is CC(F)(F)CCS(=O)(=O)c1cccc(N)c1. The van der Waals surface area contributed by atoms with Crippen LogP contribution in [0.1, 0.15) is 13.3 Å². The average Bonchev–Trinajstić information content (AvgIpc) is 2.14. The Morgan fingerprint density at radius 3 is 2.50 bits per heavy atom. The van der Waals surface area contributed by atoms with E-state index in [4.69, 9.17) is 5.73 Å². The fourth-order valence-electron chi connectivity index (χ4n) is 1.14. The van der Waals surface area contributed by atoms with Gasteiger partial charge in [0.1, 0.15) is 0 Å². The van der Waals surface area contributed by atoms with E-state index in [1.807, 2.05) is 0 Å². The Bertz CT molecular complexity index is 466. The summed E-state index contributed by atoms with van der Waals surface area (Å²) in [6.45, 7) is 0.696. The van der Waals surface area contributed by atoms with Gasteiger partial charge in [-0.05, 0) is 25.1 Å². The van der Waals surface area contributed by atoms with Crippen molar-refractivity contribution in [3.05, 3.63) is 24.3 Å². The van der Waals surface area contributed by atoms with Gasteiger partial charge in [0.2, 0.25) is 5.92 Å². The van der Waals surface area contributed by atoms with E-state index in [1.165, 1.54) is 24.3 Å². The van der Waals surface area contributed by atoms with E-state index >= 15 is 0 Å². The quantitative estimate of drug-likeness (QED) is 0.831. The third kappa shape index (κ3) is 3.77. The zero-order chi connectivity index (χ0) is 12.4. The smallest absolute Gasteiger partial charge is 0.246 e. The highest BCUT2D eigenvalue weighted by molar-refractivity contribution is 7.91. The minimum Gasteiger partial charge on any atom is -0.399 e. The number of anilines is 1. The Hall–Kier alpha value is -1.17. The fourth-order valence-corrected chi connectivity index (χ4v) is 2.60. The lowest BCUT2D eigenvalue weighted by atomic mass is 10.3. The first-order valence-electron chi connectivity index (χ1n) is 4.67. The van der Waals surface area contributed by atoms with Gasteiger partial charge < -0.3 is 5.73 Å². The molecule has 0 amide bonds. The molecule has 0 aliphatic heterocycles. The second-order valence-corrected chi connectivity index (χ2v) is 5.82. The lowest BCUT2D eigenvalue weighted by Gasteiger charge is -2.10. The second-order valence-electron chi connectivity index (χ2n) is 3.71. The molecule has 16 heavy (non-hydrogen) atoms. The maximum Gasteiger partial charge on any atom is 0.246 e. The van der Waals surface area contributed by atoms with Crippen LogP contribution in [0.3, 0.4) is 0 Å². The predicted molar refractivity (Wildman–Crippen MR) is 58.1 cm³/mol. The van der Waals surface area contributed by atoms with Crippen molar-refractivity contribution in [2.24, 2.45) is 0 Å². The van der Waals surface area contributed by atoms with Gasteiger partial charge in [-0.15, -0.1) is 0 Å². The molecule has 0 saturated heterocycles. The molecule has 90 valence electrons. The van der Waals surface area contributed by atoms with Gasteiger partial charge in [-0.3, -0.25) is 0 Å². The molecule has 6 heteroatoms. The van der Waals surface area contributed by atoms with Gasteiger partial charge in [0.05, 0.1) is 10.6 Å². The maximum absolute atomic E-state index is 12.6. The molecule has 0 atom stereocenters. The average molecular weight is 249 g/mol.